The summed E-state index contributed by atoms with van der Waals surface area (Å²) in [5, 5.41) is 0. The van der Waals surface area contributed by atoms with Crippen molar-refractivity contribution >= 4 is 28.6 Å². The van der Waals surface area contributed by atoms with Gasteiger partial charge in [-0.25, -0.2) is 0 Å². The van der Waals surface area contributed by atoms with Crippen molar-refractivity contribution in [3.8, 4) is 0 Å². The molecule has 0 bridgehead atoms. The van der Waals surface area contributed by atoms with E-state index >= 15 is 0 Å². The van der Waals surface area contributed by atoms with Crippen LogP contribution in [0.5, 0.6) is 0 Å². The van der Waals surface area contributed by atoms with Crippen LogP contribution in [-0.4, -0.2) is 14.6 Å². The quantitative estimate of drug-likeness (QED) is 0.637. The van der Waals surface area contributed by atoms with Crippen molar-refractivity contribution in [3.63, 3.8) is 0 Å². The first-order valence-electron chi connectivity index (χ1n) is 3.09. The second-order valence-electron chi connectivity index (χ2n) is 2.25. The van der Waals surface area contributed by atoms with Crippen LogP contribution in [-0.2, 0) is 10.0 Å². The molecule has 0 unspecified atom stereocenters. The largest absolute Gasteiger partial charge is 0.282 e. The molecule has 12 heavy (non-hydrogen) atoms. The third-order valence-corrected chi connectivity index (χ3v) is 2.84. The maximum atomic E-state index is 11.1. The van der Waals surface area contributed by atoms with Gasteiger partial charge in [-0.15, -0.1) is 12.4 Å². The van der Waals surface area contributed by atoms with Crippen molar-refractivity contribution < 1.29 is 8.42 Å². The molecule has 2 rings (SSSR count). The van der Waals surface area contributed by atoms with Crippen LogP contribution in [0.25, 0.3) is 0 Å². The van der Waals surface area contributed by atoms with Crippen LogP contribution in [0, 0.1) is 0 Å². The maximum absolute atomic E-state index is 11.1. The van der Waals surface area contributed by atoms with Gasteiger partial charge in [0.2, 0.25) is 0 Å². The average Bonchev–Trinajstić information content (AvgIpc) is 2.29. The van der Waals surface area contributed by atoms with Crippen molar-refractivity contribution in [1.29, 1.82) is 0 Å². The lowest BCUT2D eigenvalue weighted by Gasteiger charge is -1.92. The van der Waals surface area contributed by atoms with E-state index in [9.17, 15) is 8.42 Å². The number of nitrogens with zero attached hydrogens (tertiary/aromatic N) is 1. The van der Waals surface area contributed by atoms with Gasteiger partial charge in [-0.3, -0.25) is 0 Å². The Morgan fingerprint density at radius 1 is 1.17 bits per heavy atom. The van der Waals surface area contributed by atoms with Crippen molar-refractivity contribution in [1.82, 2.24) is 0 Å². The number of rotatable bonds is 0. The average molecular weight is 204 g/mol. The van der Waals surface area contributed by atoms with Gasteiger partial charge in [-0.2, -0.15) is 12.8 Å². The Morgan fingerprint density at radius 2 is 1.83 bits per heavy atom. The van der Waals surface area contributed by atoms with Crippen LogP contribution < -0.4 is 0 Å². The molecule has 0 atom stereocenters. The number of hydrogen-bond donors (Lipinski definition) is 0. The van der Waals surface area contributed by atoms with Crippen LogP contribution in [0.3, 0.4) is 0 Å². The minimum atomic E-state index is -3.34. The van der Waals surface area contributed by atoms with Crippen molar-refractivity contribution in [2.75, 3.05) is 0 Å². The minimum Gasteiger partial charge on any atom is -0.199 e. The second kappa shape index (κ2) is 2.88. The van der Waals surface area contributed by atoms with E-state index < -0.39 is 10.0 Å². The predicted octanol–water partition coefficient (Wildman–Crippen LogP) is 1.23. The van der Waals surface area contributed by atoms with E-state index in [1.165, 1.54) is 6.21 Å². The molecular weight excluding hydrogens is 198 g/mol. The van der Waals surface area contributed by atoms with Crippen LogP contribution >= 0.6 is 12.4 Å². The summed E-state index contributed by atoms with van der Waals surface area (Å²) in [5.74, 6) is 0. The molecule has 0 saturated heterocycles. The number of halogens is 1. The Balaban J connectivity index is 0.000000720. The lowest BCUT2D eigenvalue weighted by Crippen LogP contribution is -1.91. The van der Waals surface area contributed by atoms with Gasteiger partial charge in [-0.1, -0.05) is 18.2 Å². The summed E-state index contributed by atoms with van der Waals surface area (Å²) in [6.07, 6.45) is 1.37. The van der Waals surface area contributed by atoms with Crippen molar-refractivity contribution in [3.05, 3.63) is 29.8 Å². The van der Waals surface area contributed by atoms with Gasteiger partial charge in [0.25, 0.3) is 10.0 Å². The summed E-state index contributed by atoms with van der Waals surface area (Å²) in [6, 6.07) is 6.75. The van der Waals surface area contributed by atoms with E-state index in [1.54, 1.807) is 24.3 Å². The van der Waals surface area contributed by atoms with Gasteiger partial charge in [0.15, 0.2) is 0 Å². The summed E-state index contributed by atoms with van der Waals surface area (Å²) in [7, 11) is -3.34. The molecule has 0 spiro atoms. The molecule has 0 N–H and O–H groups in total. The van der Waals surface area contributed by atoms with E-state index in [0.717, 1.165) is 0 Å². The van der Waals surface area contributed by atoms with E-state index in [1.807, 2.05) is 0 Å². The van der Waals surface area contributed by atoms with E-state index in [-0.39, 0.29) is 12.4 Å². The third-order valence-electron chi connectivity index (χ3n) is 1.53. The highest BCUT2D eigenvalue weighted by Gasteiger charge is 2.20. The molecule has 0 radical (unpaired) electrons. The molecule has 3 nitrogen and oxygen atoms in total. The molecule has 1 aliphatic heterocycles. The summed E-state index contributed by atoms with van der Waals surface area (Å²) >= 11 is 0. The molecular formula is C7H6ClNO2S. The van der Waals surface area contributed by atoms with E-state index in [2.05, 4.69) is 4.40 Å². The fraction of sp³-hybridized carbons (Fsp3) is 0. The smallest absolute Gasteiger partial charge is 0.199 e. The number of benzene rings is 1. The van der Waals surface area contributed by atoms with Crippen LogP contribution in [0.2, 0.25) is 0 Å². The van der Waals surface area contributed by atoms with E-state index in [0.29, 0.717) is 10.5 Å². The first-order valence-corrected chi connectivity index (χ1v) is 4.53. The summed E-state index contributed by atoms with van der Waals surface area (Å²) in [4.78, 5) is 0.306. The van der Waals surface area contributed by atoms with Crippen LogP contribution in [0.4, 0.5) is 0 Å². The number of sulfonamides is 1. The zero-order valence-electron chi connectivity index (χ0n) is 5.97. The SMILES string of the molecule is Cl.O=S1(=O)N=Cc2ccccc21. The zero-order chi connectivity index (χ0) is 7.90. The standard InChI is InChI=1S/C7H5NO2S.ClH/c9-11(10)7-4-2-1-3-6(7)5-8-11;/h1-5H;1H. The Hall–Kier alpha value is -0.870. The second-order valence-corrected chi connectivity index (χ2v) is 3.85. The Morgan fingerprint density at radius 3 is 2.50 bits per heavy atom. The molecule has 0 saturated carbocycles. The lowest BCUT2D eigenvalue weighted by molar-refractivity contribution is 0.599. The predicted molar refractivity (Wildman–Crippen MR) is 48.5 cm³/mol. The first kappa shape index (κ1) is 9.22. The zero-order valence-corrected chi connectivity index (χ0v) is 7.60. The van der Waals surface area contributed by atoms with Gasteiger partial charge in [0.1, 0.15) is 0 Å². The fourth-order valence-corrected chi connectivity index (χ4v) is 2.04. The fourth-order valence-electron chi connectivity index (χ4n) is 1.01. The Labute approximate surface area is 76.6 Å². The number of fused-ring (bicyclic) bond motifs is 1. The molecule has 0 fully saturated rings. The van der Waals surface area contributed by atoms with Gasteiger partial charge in [0.05, 0.1) is 4.90 Å². The maximum Gasteiger partial charge on any atom is 0.282 e. The molecule has 0 aromatic heterocycles. The topological polar surface area (TPSA) is 46.5 Å². The Kier molecular flexibility index (Phi) is 2.21. The van der Waals surface area contributed by atoms with Gasteiger partial charge < -0.3 is 0 Å². The van der Waals surface area contributed by atoms with Crippen molar-refractivity contribution in [2.24, 2.45) is 4.40 Å². The lowest BCUT2D eigenvalue weighted by atomic mass is 10.2. The molecule has 1 aromatic rings. The molecule has 1 heterocycles. The molecule has 0 aliphatic carbocycles. The van der Waals surface area contributed by atoms with Crippen LogP contribution in [0.15, 0.2) is 33.6 Å². The molecule has 1 aromatic carbocycles. The summed E-state index contributed by atoms with van der Waals surface area (Å²) in [5.41, 5.74) is 0.674. The van der Waals surface area contributed by atoms with Crippen LogP contribution in [0.1, 0.15) is 5.56 Å². The van der Waals surface area contributed by atoms with Gasteiger partial charge in [-0.05, 0) is 6.07 Å². The van der Waals surface area contributed by atoms with Crippen molar-refractivity contribution in [2.45, 2.75) is 4.90 Å². The minimum absolute atomic E-state index is 0. The Bertz CT molecular complexity index is 425. The normalized spacial score (nSPS) is 16.7. The summed E-state index contributed by atoms with van der Waals surface area (Å²) in [6.45, 7) is 0. The molecule has 0 amide bonds. The monoisotopic (exact) mass is 203 g/mol. The van der Waals surface area contributed by atoms with E-state index in [4.69, 9.17) is 0 Å². The first-order chi connectivity index (χ1) is 5.20. The highest BCUT2D eigenvalue weighted by molar-refractivity contribution is 7.90. The molecule has 5 heteroatoms. The molecule has 64 valence electrons. The van der Waals surface area contributed by atoms with Gasteiger partial charge in [0, 0.05) is 11.8 Å². The summed E-state index contributed by atoms with van der Waals surface area (Å²) < 4.78 is 25.5. The number of hydrogen-bond acceptors (Lipinski definition) is 2. The highest BCUT2D eigenvalue weighted by Crippen LogP contribution is 2.21. The highest BCUT2D eigenvalue weighted by atomic mass is 35.5. The molecule has 1 aliphatic rings. The third kappa shape index (κ3) is 1.23. The van der Waals surface area contributed by atoms with Gasteiger partial charge >= 0.3 is 0 Å².